The summed E-state index contributed by atoms with van der Waals surface area (Å²) in [5.41, 5.74) is 12.4. The van der Waals surface area contributed by atoms with Gasteiger partial charge in [-0.1, -0.05) is 52.0 Å². The molecule has 0 saturated carbocycles. The Morgan fingerprint density at radius 1 is 0.926 bits per heavy atom. The Morgan fingerprint density at radius 3 is 2.22 bits per heavy atom. The Labute approximate surface area is 167 Å². The van der Waals surface area contributed by atoms with Gasteiger partial charge < -0.3 is 11.5 Å². The molecule has 3 aromatic rings. The van der Waals surface area contributed by atoms with Gasteiger partial charge in [-0.25, -0.2) is 4.99 Å². The van der Waals surface area contributed by atoms with E-state index in [-0.39, 0.29) is 16.9 Å². The molecule has 0 unspecified atom stereocenters. The third-order valence-corrected chi connectivity index (χ3v) is 5.62. The fraction of sp³-hybridized carbons (Fsp3) is 0.435. The number of hydrogen-bond donors (Lipinski definition) is 2. The first-order valence-electron chi connectivity index (χ1n) is 9.66. The van der Waals surface area contributed by atoms with Crippen molar-refractivity contribution in [2.75, 3.05) is 0 Å². The third-order valence-electron chi connectivity index (χ3n) is 4.47. The predicted octanol–water partition coefficient (Wildman–Crippen LogP) is 6.09. The van der Waals surface area contributed by atoms with Crippen LogP contribution in [-0.4, -0.2) is 11.5 Å². The fourth-order valence-electron chi connectivity index (χ4n) is 4.06. The van der Waals surface area contributed by atoms with Crippen LogP contribution in [0, 0.1) is 5.41 Å². The number of nitrogens with two attached hydrogens (primary N) is 2. The first-order valence-corrected chi connectivity index (χ1v) is 10.5. The van der Waals surface area contributed by atoms with Crippen molar-refractivity contribution < 1.29 is 0 Å². The summed E-state index contributed by atoms with van der Waals surface area (Å²) in [6.07, 6.45) is 1.91. The Balaban J connectivity index is 0.00000126. The minimum absolute atomic E-state index is 0.0992. The summed E-state index contributed by atoms with van der Waals surface area (Å²) in [6, 6.07) is 15.5. The van der Waals surface area contributed by atoms with Crippen molar-refractivity contribution in [1.82, 2.24) is 0 Å². The summed E-state index contributed by atoms with van der Waals surface area (Å²) in [6.45, 7) is 12.7. The number of thiophene rings is 1. The zero-order valence-electron chi connectivity index (χ0n) is 17.5. The molecule has 2 aromatic carbocycles. The van der Waals surface area contributed by atoms with Crippen LogP contribution in [0.25, 0.3) is 20.2 Å². The molecule has 27 heavy (non-hydrogen) atoms. The van der Waals surface area contributed by atoms with E-state index in [1.54, 1.807) is 0 Å². The summed E-state index contributed by atoms with van der Waals surface area (Å²) >= 11 is 1.86. The second-order valence-corrected chi connectivity index (χ2v) is 9.38. The van der Waals surface area contributed by atoms with Gasteiger partial charge in [0, 0.05) is 20.2 Å². The maximum absolute atomic E-state index is 5.58. The Bertz CT molecular complexity index is 931. The molecule has 0 amide bonds. The summed E-state index contributed by atoms with van der Waals surface area (Å²) in [7, 11) is 0. The number of fused-ring (bicyclic) bond motifs is 3. The lowest BCUT2D eigenvalue weighted by atomic mass is 9.76. The molecule has 4 heteroatoms. The van der Waals surface area contributed by atoms with Gasteiger partial charge in [0.15, 0.2) is 5.96 Å². The fourth-order valence-corrected chi connectivity index (χ4v) is 5.14. The van der Waals surface area contributed by atoms with Crippen LogP contribution in [-0.2, 0) is 6.42 Å². The van der Waals surface area contributed by atoms with Crippen LogP contribution in [0.2, 0.25) is 0 Å². The van der Waals surface area contributed by atoms with Crippen LogP contribution in [0.15, 0.2) is 47.5 Å². The minimum Gasteiger partial charge on any atom is -0.370 e. The van der Waals surface area contributed by atoms with Crippen molar-refractivity contribution in [3.63, 3.8) is 0 Å². The molecule has 4 N–H and O–H groups in total. The Kier molecular flexibility index (Phi) is 6.53. The molecule has 0 aliphatic rings. The molecule has 0 aliphatic heterocycles. The number of rotatable bonds is 5. The van der Waals surface area contributed by atoms with Gasteiger partial charge in [-0.3, -0.25) is 0 Å². The highest BCUT2D eigenvalue weighted by atomic mass is 32.1. The summed E-state index contributed by atoms with van der Waals surface area (Å²) in [5, 5.41) is 2.71. The molecule has 0 fully saturated rings. The predicted molar refractivity (Wildman–Crippen MR) is 123 cm³/mol. The second kappa shape index (κ2) is 8.30. The van der Waals surface area contributed by atoms with Crippen molar-refractivity contribution in [1.29, 1.82) is 0 Å². The monoisotopic (exact) mass is 383 g/mol. The first-order chi connectivity index (χ1) is 12.7. The molecule has 1 aromatic heterocycles. The van der Waals surface area contributed by atoms with Gasteiger partial charge in [0.25, 0.3) is 0 Å². The minimum atomic E-state index is -0.262. The quantitative estimate of drug-likeness (QED) is 0.413. The van der Waals surface area contributed by atoms with Crippen molar-refractivity contribution in [2.45, 2.75) is 59.9 Å². The number of benzene rings is 2. The van der Waals surface area contributed by atoms with Crippen LogP contribution >= 0.6 is 11.3 Å². The third kappa shape index (κ3) is 5.46. The van der Waals surface area contributed by atoms with Crippen molar-refractivity contribution in [2.24, 2.45) is 21.9 Å². The molecule has 0 aliphatic carbocycles. The van der Waals surface area contributed by atoms with Crippen LogP contribution in [0.3, 0.4) is 0 Å². The van der Waals surface area contributed by atoms with Crippen LogP contribution < -0.4 is 11.5 Å². The van der Waals surface area contributed by atoms with E-state index in [9.17, 15) is 0 Å². The molecule has 0 spiro atoms. The molecule has 3 nitrogen and oxygen atoms in total. The van der Waals surface area contributed by atoms with Gasteiger partial charge in [0.1, 0.15) is 0 Å². The van der Waals surface area contributed by atoms with E-state index in [0.717, 1.165) is 12.8 Å². The van der Waals surface area contributed by atoms with Gasteiger partial charge in [-0.15, -0.1) is 11.3 Å². The van der Waals surface area contributed by atoms with Gasteiger partial charge >= 0.3 is 0 Å². The summed E-state index contributed by atoms with van der Waals surface area (Å²) in [5.74, 6) is 0.159. The molecule has 0 bridgehead atoms. The molecule has 146 valence electrons. The van der Waals surface area contributed by atoms with E-state index < -0.39 is 0 Å². The molecule has 0 atom stereocenters. The maximum Gasteiger partial charge on any atom is 0.186 e. The molecular formula is C23H33N3S. The number of hydrogen-bond acceptors (Lipinski definition) is 2. The average molecular weight is 384 g/mol. The van der Waals surface area contributed by atoms with E-state index in [2.05, 4.69) is 75.2 Å². The number of nitrogens with zero attached hydrogens (tertiary/aromatic N) is 1. The van der Waals surface area contributed by atoms with E-state index in [0.29, 0.717) is 0 Å². The lowest BCUT2D eigenvalue weighted by Crippen LogP contribution is -2.33. The lowest BCUT2D eigenvalue weighted by molar-refractivity contribution is 0.259. The SMILES string of the molecule is CC.CC(C)(Cc1ccc2sc3ccccc3c2c1)CC(C)(C)N=C(N)N. The van der Waals surface area contributed by atoms with Crippen LogP contribution in [0.1, 0.15) is 53.5 Å². The zero-order valence-corrected chi connectivity index (χ0v) is 18.3. The lowest BCUT2D eigenvalue weighted by Gasteiger charge is -2.32. The van der Waals surface area contributed by atoms with Gasteiger partial charge in [-0.2, -0.15) is 0 Å². The Morgan fingerprint density at radius 2 is 1.56 bits per heavy atom. The van der Waals surface area contributed by atoms with Crippen LogP contribution in [0.5, 0.6) is 0 Å². The largest absolute Gasteiger partial charge is 0.370 e. The van der Waals surface area contributed by atoms with Crippen molar-refractivity contribution in [3.8, 4) is 0 Å². The van der Waals surface area contributed by atoms with E-state index in [4.69, 9.17) is 11.5 Å². The Hall–Kier alpha value is -2.07. The maximum atomic E-state index is 5.58. The summed E-state index contributed by atoms with van der Waals surface area (Å²) in [4.78, 5) is 4.39. The molecule has 0 saturated heterocycles. The van der Waals surface area contributed by atoms with E-state index >= 15 is 0 Å². The molecule has 3 rings (SSSR count). The zero-order chi connectivity index (χ0) is 20.2. The summed E-state index contributed by atoms with van der Waals surface area (Å²) < 4.78 is 2.70. The van der Waals surface area contributed by atoms with E-state index in [1.165, 1.54) is 25.7 Å². The second-order valence-electron chi connectivity index (χ2n) is 8.30. The van der Waals surface area contributed by atoms with Crippen LogP contribution in [0.4, 0.5) is 0 Å². The molecule has 0 radical (unpaired) electrons. The van der Waals surface area contributed by atoms with Gasteiger partial charge in [-0.05, 0) is 55.9 Å². The number of guanidine groups is 1. The first kappa shape index (κ1) is 21.2. The highest BCUT2D eigenvalue weighted by molar-refractivity contribution is 7.25. The van der Waals surface area contributed by atoms with Gasteiger partial charge in [0.05, 0.1) is 5.54 Å². The van der Waals surface area contributed by atoms with Gasteiger partial charge in [0.2, 0.25) is 0 Å². The topological polar surface area (TPSA) is 64.4 Å². The standard InChI is InChI=1S/C21H27N3S.C2H6/c1-20(2,13-21(3,4)24-19(22)23)12-14-9-10-18-16(11-14)15-7-5-6-8-17(15)25-18;1-2/h5-11H,12-13H2,1-4H3,(H4,22,23,24);1-2H3. The van der Waals surface area contributed by atoms with E-state index in [1.807, 2.05) is 25.2 Å². The molecular weight excluding hydrogens is 350 g/mol. The highest BCUT2D eigenvalue weighted by Gasteiger charge is 2.29. The highest BCUT2D eigenvalue weighted by Crippen LogP contribution is 2.37. The van der Waals surface area contributed by atoms with Crippen molar-refractivity contribution >= 4 is 37.5 Å². The van der Waals surface area contributed by atoms with Crippen molar-refractivity contribution in [3.05, 3.63) is 48.0 Å². The smallest absolute Gasteiger partial charge is 0.186 e. The number of aliphatic imine (C=N–C) groups is 1. The normalized spacial score (nSPS) is 11.9. The average Bonchev–Trinajstić information content (AvgIpc) is 2.92. The molecule has 1 heterocycles.